The van der Waals surface area contributed by atoms with Crippen molar-refractivity contribution in [2.45, 2.75) is 6.04 Å². The summed E-state index contributed by atoms with van der Waals surface area (Å²) in [7, 11) is 0. The second-order valence-electron chi connectivity index (χ2n) is 6.33. The summed E-state index contributed by atoms with van der Waals surface area (Å²) >= 11 is 13.4. The zero-order chi connectivity index (χ0) is 21.1. The van der Waals surface area contributed by atoms with Crippen LogP contribution in [0.3, 0.4) is 0 Å². The van der Waals surface area contributed by atoms with Crippen LogP contribution in [0.2, 0.25) is 10.0 Å². The number of benzene rings is 1. The van der Waals surface area contributed by atoms with Crippen LogP contribution in [0.5, 0.6) is 5.75 Å². The molecule has 1 atom stereocenters. The van der Waals surface area contributed by atoms with Crippen molar-refractivity contribution in [3.05, 3.63) is 69.8 Å². The number of amides is 1. The Bertz CT molecular complexity index is 1190. The SMILES string of the molecule is NCC(NC(=O)Oc1ccsc1Nc1ccnc2[nH]ccc12)c1ccc(Cl)c(Cl)c1. The number of ether oxygens (including phenoxy) is 1. The highest BCUT2D eigenvalue weighted by molar-refractivity contribution is 7.14. The van der Waals surface area contributed by atoms with Crippen molar-refractivity contribution >= 4 is 62.4 Å². The molecule has 0 aliphatic rings. The fourth-order valence-electron chi connectivity index (χ4n) is 2.94. The van der Waals surface area contributed by atoms with Crippen molar-refractivity contribution in [2.75, 3.05) is 11.9 Å². The molecule has 0 saturated carbocycles. The van der Waals surface area contributed by atoms with Crippen molar-refractivity contribution < 1.29 is 9.53 Å². The molecule has 3 aromatic heterocycles. The molecule has 154 valence electrons. The van der Waals surface area contributed by atoms with Crippen molar-refractivity contribution in [3.63, 3.8) is 0 Å². The molecule has 0 bridgehead atoms. The summed E-state index contributed by atoms with van der Waals surface area (Å²) in [6, 6.07) is 10.1. The van der Waals surface area contributed by atoms with Gasteiger partial charge in [-0.25, -0.2) is 9.78 Å². The van der Waals surface area contributed by atoms with Gasteiger partial charge in [0.15, 0.2) is 5.75 Å². The van der Waals surface area contributed by atoms with Crippen LogP contribution < -0.4 is 21.1 Å². The lowest BCUT2D eigenvalue weighted by Gasteiger charge is -2.18. The Kier molecular flexibility index (Phi) is 6.10. The van der Waals surface area contributed by atoms with Crippen LogP contribution in [0.1, 0.15) is 11.6 Å². The molecular weight excluding hydrogens is 445 g/mol. The number of hydrogen-bond donors (Lipinski definition) is 4. The molecule has 0 aliphatic carbocycles. The average molecular weight is 462 g/mol. The molecule has 7 nitrogen and oxygen atoms in total. The van der Waals surface area contributed by atoms with E-state index < -0.39 is 12.1 Å². The van der Waals surface area contributed by atoms with E-state index in [4.69, 9.17) is 33.7 Å². The second kappa shape index (κ2) is 8.93. The molecule has 4 rings (SSSR count). The van der Waals surface area contributed by atoms with E-state index in [0.717, 1.165) is 22.3 Å². The lowest BCUT2D eigenvalue weighted by atomic mass is 10.1. The second-order valence-corrected chi connectivity index (χ2v) is 8.06. The highest BCUT2D eigenvalue weighted by atomic mass is 35.5. The number of fused-ring (bicyclic) bond motifs is 1. The number of nitrogens with zero attached hydrogens (tertiary/aromatic N) is 1. The summed E-state index contributed by atoms with van der Waals surface area (Å²) in [5, 5.41) is 10.3. The predicted octanol–water partition coefficient (Wildman–Crippen LogP) is 5.46. The Morgan fingerprint density at radius 3 is 2.90 bits per heavy atom. The molecule has 4 aromatic rings. The average Bonchev–Trinajstić information content (AvgIpc) is 3.38. The summed E-state index contributed by atoms with van der Waals surface area (Å²) in [5.41, 5.74) is 8.18. The minimum atomic E-state index is -0.625. The van der Waals surface area contributed by atoms with Gasteiger partial charge in [0.25, 0.3) is 0 Å². The Hall–Kier alpha value is -2.78. The number of hydrogen-bond acceptors (Lipinski definition) is 6. The Balaban J connectivity index is 1.47. The molecule has 3 heterocycles. The first kappa shape index (κ1) is 20.5. The van der Waals surface area contributed by atoms with Crippen LogP contribution in [-0.4, -0.2) is 22.6 Å². The van der Waals surface area contributed by atoms with E-state index in [1.807, 2.05) is 23.7 Å². The Morgan fingerprint density at radius 2 is 2.10 bits per heavy atom. The molecule has 0 fully saturated rings. The molecule has 1 unspecified atom stereocenters. The van der Waals surface area contributed by atoms with Crippen molar-refractivity contribution in [2.24, 2.45) is 5.73 Å². The van der Waals surface area contributed by atoms with Gasteiger partial charge in [0.1, 0.15) is 10.6 Å². The molecule has 1 aromatic carbocycles. The van der Waals surface area contributed by atoms with Crippen LogP contribution in [0.15, 0.2) is 54.2 Å². The fraction of sp³-hybridized carbons (Fsp3) is 0.100. The molecule has 5 N–H and O–H groups in total. The lowest BCUT2D eigenvalue weighted by molar-refractivity contribution is 0.196. The zero-order valence-electron chi connectivity index (χ0n) is 15.5. The normalized spacial score (nSPS) is 12.0. The van der Waals surface area contributed by atoms with Crippen molar-refractivity contribution in [1.29, 1.82) is 0 Å². The van der Waals surface area contributed by atoms with E-state index in [1.165, 1.54) is 11.3 Å². The third-order valence-corrected chi connectivity index (χ3v) is 5.96. The Labute approximate surface area is 186 Å². The number of halogens is 2. The molecule has 0 radical (unpaired) electrons. The topological polar surface area (TPSA) is 105 Å². The number of nitrogens with one attached hydrogen (secondary N) is 3. The third-order valence-electron chi connectivity index (χ3n) is 4.41. The van der Waals surface area contributed by atoms with Gasteiger partial charge in [0.2, 0.25) is 0 Å². The molecule has 1 amide bonds. The number of carbonyl (C=O) groups excluding carboxylic acids is 1. The number of thiophene rings is 1. The summed E-state index contributed by atoms with van der Waals surface area (Å²) < 4.78 is 5.52. The maximum absolute atomic E-state index is 12.5. The first-order valence-corrected chi connectivity index (χ1v) is 10.6. The van der Waals surface area contributed by atoms with Gasteiger partial charge >= 0.3 is 6.09 Å². The van der Waals surface area contributed by atoms with Gasteiger partial charge in [0, 0.05) is 24.3 Å². The van der Waals surface area contributed by atoms with Gasteiger partial charge in [-0.1, -0.05) is 29.3 Å². The van der Waals surface area contributed by atoms with Crippen LogP contribution in [-0.2, 0) is 0 Å². The maximum Gasteiger partial charge on any atom is 0.413 e. The van der Waals surface area contributed by atoms with Gasteiger partial charge < -0.3 is 26.1 Å². The summed E-state index contributed by atoms with van der Waals surface area (Å²) in [6.07, 6.45) is 2.89. The van der Waals surface area contributed by atoms with E-state index in [1.54, 1.807) is 30.5 Å². The van der Waals surface area contributed by atoms with E-state index in [-0.39, 0.29) is 6.54 Å². The smallest absolute Gasteiger partial charge is 0.407 e. The summed E-state index contributed by atoms with van der Waals surface area (Å²) in [4.78, 5) is 19.8. The molecule has 0 aliphatic heterocycles. The number of H-pyrrole nitrogens is 1. The van der Waals surface area contributed by atoms with E-state index in [9.17, 15) is 4.79 Å². The minimum absolute atomic E-state index is 0.171. The quantitative estimate of drug-likeness (QED) is 0.305. The molecular formula is C20H17Cl2N5O2S. The monoisotopic (exact) mass is 461 g/mol. The third kappa shape index (κ3) is 4.36. The molecule has 30 heavy (non-hydrogen) atoms. The molecule has 0 spiro atoms. The van der Waals surface area contributed by atoms with Gasteiger partial charge in [-0.3, -0.25) is 0 Å². The van der Waals surface area contributed by atoms with Crippen LogP contribution in [0.4, 0.5) is 15.5 Å². The van der Waals surface area contributed by atoms with Crippen molar-refractivity contribution in [1.82, 2.24) is 15.3 Å². The van der Waals surface area contributed by atoms with Gasteiger partial charge in [-0.2, -0.15) is 0 Å². The molecule has 0 saturated heterocycles. The van der Waals surface area contributed by atoms with Gasteiger partial charge in [0.05, 0.1) is 21.8 Å². The Morgan fingerprint density at radius 1 is 1.23 bits per heavy atom. The largest absolute Gasteiger partial charge is 0.413 e. The highest BCUT2D eigenvalue weighted by Gasteiger charge is 2.18. The number of nitrogens with two attached hydrogens (primary N) is 1. The van der Waals surface area contributed by atoms with Crippen LogP contribution >= 0.6 is 34.5 Å². The lowest BCUT2D eigenvalue weighted by Crippen LogP contribution is -2.35. The summed E-state index contributed by atoms with van der Waals surface area (Å²) in [6.45, 7) is 0.171. The van der Waals surface area contributed by atoms with E-state index >= 15 is 0 Å². The summed E-state index contributed by atoms with van der Waals surface area (Å²) in [5.74, 6) is 0.405. The number of pyridine rings is 1. The predicted molar refractivity (Wildman–Crippen MR) is 121 cm³/mol. The van der Waals surface area contributed by atoms with Gasteiger partial charge in [-0.15, -0.1) is 11.3 Å². The number of carbonyl (C=O) groups is 1. The zero-order valence-corrected chi connectivity index (χ0v) is 17.8. The standard InChI is InChI=1S/C20H17Cl2N5O2S/c21-13-2-1-11(9-14(13)22)16(10-23)27-20(28)29-17-5-8-30-19(17)26-15-4-7-25-18-12(15)3-6-24-18/h1-9,16H,10,23H2,(H,27,28)(H2,24,25,26). The van der Waals surface area contributed by atoms with E-state index in [0.29, 0.717) is 20.8 Å². The van der Waals surface area contributed by atoms with Crippen molar-refractivity contribution in [3.8, 4) is 5.75 Å². The highest BCUT2D eigenvalue weighted by Crippen LogP contribution is 2.35. The minimum Gasteiger partial charge on any atom is -0.407 e. The first-order valence-electron chi connectivity index (χ1n) is 8.95. The number of aromatic amines is 1. The number of anilines is 2. The first-order chi connectivity index (χ1) is 14.5. The number of aromatic nitrogens is 2. The van der Waals surface area contributed by atoms with Crippen LogP contribution in [0.25, 0.3) is 11.0 Å². The molecule has 10 heteroatoms. The number of rotatable bonds is 6. The fourth-order valence-corrected chi connectivity index (χ4v) is 3.97. The van der Waals surface area contributed by atoms with Crippen LogP contribution in [0, 0.1) is 0 Å². The maximum atomic E-state index is 12.5. The van der Waals surface area contributed by atoms with Gasteiger partial charge in [-0.05, 0) is 41.3 Å². The van der Waals surface area contributed by atoms with E-state index in [2.05, 4.69) is 20.6 Å².